The van der Waals surface area contributed by atoms with Crippen LogP contribution in [0.1, 0.15) is 12.6 Å². The Labute approximate surface area is 106 Å². The van der Waals surface area contributed by atoms with Gasteiger partial charge in [-0.1, -0.05) is 18.5 Å². The van der Waals surface area contributed by atoms with Crippen molar-refractivity contribution in [3.05, 3.63) is 39.2 Å². The van der Waals surface area contributed by atoms with Crippen LogP contribution in [0.25, 0.3) is 11.3 Å². The number of benzene rings is 1. The number of rotatable bonds is 2. The first-order valence-corrected chi connectivity index (χ1v) is 5.98. The van der Waals surface area contributed by atoms with Crippen LogP contribution in [0.3, 0.4) is 0 Å². The molecule has 0 unspecified atom stereocenters. The highest BCUT2D eigenvalue weighted by molar-refractivity contribution is 9.10. The van der Waals surface area contributed by atoms with E-state index in [0.717, 1.165) is 16.6 Å². The van der Waals surface area contributed by atoms with Crippen molar-refractivity contribution >= 4 is 27.5 Å². The summed E-state index contributed by atoms with van der Waals surface area (Å²) in [4.78, 5) is 0. The molecule has 0 bridgehead atoms. The fourth-order valence-electron chi connectivity index (χ4n) is 1.48. The van der Waals surface area contributed by atoms with Gasteiger partial charge in [0.15, 0.2) is 0 Å². The van der Waals surface area contributed by atoms with Crippen LogP contribution in [-0.2, 0) is 6.42 Å². The molecule has 0 aliphatic heterocycles. The molecule has 1 heterocycles. The summed E-state index contributed by atoms with van der Waals surface area (Å²) in [5.74, 6) is -0.365. The maximum absolute atomic E-state index is 13.2. The van der Waals surface area contributed by atoms with Crippen LogP contribution in [0.5, 0.6) is 0 Å². The van der Waals surface area contributed by atoms with Crippen molar-refractivity contribution in [2.75, 3.05) is 0 Å². The number of hydrogen-bond acceptors (Lipinski definition) is 1. The van der Waals surface area contributed by atoms with Crippen molar-refractivity contribution in [3.63, 3.8) is 0 Å². The summed E-state index contributed by atoms with van der Waals surface area (Å²) in [6.45, 7) is 2.01. The zero-order valence-corrected chi connectivity index (χ0v) is 10.9. The molecule has 0 amide bonds. The number of nitrogens with one attached hydrogen (secondary N) is 1. The summed E-state index contributed by atoms with van der Waals surface area (Å²) in [6, 6.07) is 4.36. The fourth-order valence-corrected chi connectivity index (χ4v) is 2.39. The molecule has 1 N–H and O–H groups in total. The van der Waals surface area contributed by atoms with E-state index in [-0.39, 0.29) is 5.82 Å². The third-order valence-corrected chi connectivity index (χ3v) is 3.34. The predicted molar refractivity (Wildman–Crippen MR) is 66.1 cm³/mol. The van der Waals surface area contributed by atoms with Gasteiger partial charge in [0.1, 0.15) is 11.5 Å². The van der Waals surface area contributed by atoms with E-state index in [1.807, 2.05) is 6.92 Å². The van der Waals surface area contributed by atoms with E-state index >= 15 is 0 Å². The van der Waals surface area contributed by atoms with E-state index in [1.165, 1.54) is 12.1 Å². The Morgan fingerprint density at radius 2 is 2.19 bits per heavy atom. The second-order valence-corrected chi connectivity index (χ2v) is 4.61. The second-order valence-electron chi connectivity index (χ2n) is 3.38. The lowest BCUT2D eigenvalue weighted by molar-refractivity contribution is 0.628. The highest BCUT2D eigenvalue weighted by atomic mass is 79.9. The normalized spacial score (nSPS) is 10.8. The Balaban J connectivity index is 2.54. The van der Waals surface area contributed by atoms with Crippen molar-refractivity contribution in [1.82, 2.24) is 10.2 Å². The molecule has 1 aromatic heterocycles. The third-order valence-electron chi connectivity index (χ3n) is 2.27. The number of H-pyrrole nitrogens is 1. The average Bonchev–Trinajstić information content (AvgIpc) is 2.58. The van der Waals surface area contributed by atoms with E-state index in [2.05, 4.69) is 26.1 Å². The van der Waals surface area contributed by atoms with Crippen molar-refractivity contribution in [3.8, 4) is 11.3 Å². The zero-order chi connectivity index (χ0) is 11.7. The summed E-state index contributed by atoms with van der Waals surface area (Å²) < 4.78 is 14.1. The van der Waals surface area contributed by atoms with Crippen molar-refractivity contribution in [2.45, 2.75) is 13.3 Å². The van der Waals surface area contributed by atoms with Crippen LogP contribution in [0.15, 0.2) is 22.7 Å². The monoisotopic (exact) mass is 302 g/mol. The number of aryl methyl sites for hydroxylation is 1. The van der Waals surface area contributed by atoms with E-state index in [1.54, 1.807) is 6.07 Å². The smallest absolute Gasteiger partial charge is 0.125 e. The van der Waals surface area contributed by atoms with Gasteiger partial charge in [-0.15, -0.1) is 0 Å². The fraction of sp³-hybridized carbons (Fsp3) is 0.182. The lowest BCUT2D eigenvalue weighted by Crippen LogP contribution is -1.82. The van der Waals surface area contributed by atoms with Gasteiger partial charge >= 0.3 is 0 Å². The minimum absolute atomic E-state index is 0.364. The molecular weight excluding hydrogens is 294 g/mol. The van der Waals surface area contributed by atoms with Crippen molar-refractivity contribution < 1.29 is 4.39 Å². The first kappa shape index (κ1) is 11.6. The summed E-state index contributed by atoms with van der Waals surface area (Å²) in [7, 11) is 0. The molecule has 0 aliphatic carbocycles. The molecule has 0 atom stereocenters. The first-order valence-electron chi connectivity index (χ1n) is 4.81. The van der Waals surface area contributed by atoms with E-state index in [4.69, 9.17) is 11.6 Å². The molecule has 0 spiro atoms. The van der Waals surface area contributed by atoms with Gasteiger partial charge in [-0.3, -0.25) is 5.10 Å². The lowest BCUT2D eigenvalue weighted by atomic mass is 10.1. The van der Waals surface area contributed by atoms with Gasteiger partial charge in [-0.05, 0) is 40.5 Å². The van der Waals surface area contributed by atoms with Gasteiger partial charge in [0.25, 0.3) is 0 Å². The van der Waals surface area contributed by atoms with Crippen LogP contribution in [-0.4, -0.2) is 10.2 Å². The van der Waals surface area contributed by atoms with Gasteiger partial charge in [-0.2, -0.15) is 5.10 Å². The molecule has 0 radical (unpaired) electrons. The van der Waals surface area contributed by atoms with Crippen molar-refractivity contribution in [1.29, 1.82) is 0 Å². The van der Waals surface area contributed by atoms with Gasteiger partial charge in [0.2, 0.25) is 0 Å². The largest absolute Gasteiger partial charge is 0.281 e. The molecule has 0 aliphatic rings. The number of hydrogen-bond donors (Lipinski definition) is 1. The maximum atomic E-state index is 13.2. The molecule has 2 aromatic rings. The summed E-state index contributed by atoms with van der Waals surface area (Å²) in [5.41, 5.74) is 2.32. The number of aromatic amines is 1. The molecule has 84 valence electrons. The molecule has 16 heavy (non-hydrogen) atoms. The van der Waals surface area contributed by atoms with E-state index < -0.39 is 0 Å². The van der Waals surface area contributed by atoms with E-state index in [9.17, 15) is 4.39 Å². The van der Waals surface area contributed by atoms with Gasteiger partial charge in [-0.25, -0.2) is 4.39 Å². The Hall–Kier alpha value is -0.870. The summed E-state index contributed by atoms with van der Waals surface area (Å²) in [5, 5.41) is 7.40. The molecule has 5 heteroatoms. The molecule has 2 rings (SSSR count). The highest BCUT2D eigenvalue weighted by Crippen LogP contribution is 2.31. The van der Waals surface area contributed by atoms with Crippen molar-refractivity contribution in [2.24, 2.45) is 0 Å². The van der Waals surface area contributed by atoms with Gasteiger partial charge in [0.05, 0.1) is 4.47 Å². The van der Waals surface area contributed by atoms with Crippen LogP contribution in [0.4, 0.5) is 4.39 Å². The number of aromatic nitrogens is 2. The molecule has 0 saturated heterocycles. The Morgan fingerprint density at radius 3 is 2.75 bits per heavy atom. The number of nitrogens with zero attached hydrogens (tertiary/aromatic N) is 1. The molecular formula is C11H9BrClFN2. The topological polar surface area (TPSA) is 28.7 Å². The van der Waals surface area contributed by atoms with Gasteiger partial charge < -0.3 is 0 Å². The minimum Gasteiger partial charge on any atom is -0.281 e. The molecule has 2 nitrogen and oxygen atoms in total. The van der Waals surface area contributed by atoms with E-state index in [0.29, 0.717) is 16.3 Å². The standard InChI is InChI=1S/C11H9BrClFN2/c1-2-9-10(12)11(16-15-9)6-3-7(13)5-8(14)4-6/h3-5H,2H2,1H3,(H,15,16). The third kappa shape index (κ3) is 2.13. The molecule has 0 fully saturated rings. The Bertz CT molecular complexity index is 504. The predicted octanol–water partition coefficient (Wildman–Crippen LogP) is 4.19. The molecule has 1 aromatic carbocycles. The lowest BCUT2D eigenvalue weighted by Gasteiger charge is -2.00. The maximum Gasteiger partial charge on any atom is 0.125 e. The van der Waals surface area contributed by atoms with Crippen LogP contribution >= 0.6 is 27.5 Å². The number of halogens is 3. The second kappa shape index (κ2) is 4.55. The quantitative estimate of drug-likeness (QED) is 0.885. The van der Waals surface area contributed by atoms with Crippen LogP contribution in [0, 0.1) is 5.82 Å². The zero-order valence-electron chi connectivity index (χ0n) is 8.52. The average molecular weight is 304 g/mol. The van der Waals surface area contributed by atoms with Crippen LogP contribution in [0.2, 0.25) is 5.02 Å². The SMILES string of the molecule is CCc1[nH]nc(-c2cc(F)cc(Cl)c2)c1Br. The Morgan fingerprint density at radius 1 is 1.44 bits per heavy atom. The summed E-state index contributed by atoms with van der Waals surface area (Å²) >= 11 is 9.24. The first-order chi connectivity index (χ1) is 7.61. The molecule has 0 saturated carbocycles. The van der Waals surface area contributed by atoms with Gasteiger partial charge in [0, 0.05) is 16.3 Å². The Kier molecular flexibility index (Phi) is 3.30. The highest BCUT2D eigenvalue weighted by Gasteiger charge is 2.12. The minimum atomic E-state index is -0.365. The van der Waals surface area contributed by atoms with Crippen LogP contribution < -0.4 is 0 Å². The summed E-state index contributed by atoms with van der Waals surface area (Å²) in [6.07, 6.45) is 0.830.